The van der Waals surface area contributed by atoms with Crippen LogP contribution in [0.1, 0.15) is 26.7 Å². The van der Waals surface area contributed by atoms with Gasteiger partial charge in [0.2, 0.25) is 0 Å². The number of sulfone groups is 1. The zero-order valence-electron chi connectivity index (χ0n) is 10.6. The Kier molecular flexibility index (Phi) is 4.94. The molecular formula is C11H21NO4S. The van der Waals surface area contributed by atoms with E-state index in [0.717, 1.165) is 6.42 Å². The van der Waals surface area contributed by atoms with E-state index in [1.807, 2.05) is 6.92 Å². The summed E-state index contributed by atoms with van der Waals surface area (Å²) in [7, 11) is -1.55. The van der Waals surface area contributed by atoms with Crippen molar-refractivity contribution in [3.63, 3.8) is 0 Å². The number of carbonyl (C=O) groups is 1. The largest absolute Gasteiger partial charge is 0.469 e. The number of carbonyl (C=O) groups excluding carboxylic acids is 1. The Morgan fingerprint density at radius 1 is 1.41 bits per heavy atom. The summed E-state index contributed by atoms with van der Waals surface area (Å²) in [5, 5.41) is 3.21. The van der Waals surface area contributed by atoms with Crippen molar-refractivity contribution in [1.29, 1.82) is 0 Å². The van der Waals surface area contributed by atoms with E-state index in [9.17, 15) is 13.2 Å². The van der Waals surface area contributed by atoms with Gasteiger partial charge in [0, 0.05) is 12.1 Å². The highest BCUT2D eigenvalue weighted by Crippen LogP contribution is 2.14. The maximum atomic E-state index is 11.5. The molecule has 5 nitrogen and oxygen atoms in total. The zero-order valence-corrected chi connectivity index (χ0v) is 11.4. The van der Waals surface area contributed by atoms with Crippen LogP contribution in [0.5, 0.6) is 0 Å². The maximum absolute atomic E-state index is 11.5. The number of esters is 1. The summed E-state index contributed by atoms with van der Waals surface area (Å²) in [6, 6.07) is -0.128. The van der Waals surface area contributed by atoms with Gasteiger partial charge in [-0.2, -0.15) is 0 Å². The van der Waals surface area contributed by atoms with Crippen molar-refractivity contribution in [3.8, 4) is 0 Å². The van der Waals surface area contributed by atoms with Crippen LogP contribution >= 0.6 is 0 Å². The number of hydrogen-bond donors (Lipinski definition) is 1. The van der Waals surface area contributed by atoms with Crippen molar-refractivity contribution in [2.75, 3.05) is 18.6 Å². The van der Waals surface area contributed by atoms with Gasteiger partial charge in [0.15, 0.2) is 9.84 Å². The van der Waals surface area contributed by atoms with E-state index >= 15 is 0 Å². The molecule has 0 radical (unpaired) electrons. The van der Waals surface area contributed by atoms with Crippen LogP contribution in [0.25, 0.3) is 0 Å². The summed E-state index contributed by atoms with van der Waals surface area (Å²) in [5.74, 6) is -0.0922. The highest BCUT2D eigenvalue weighted by atomic mass is 32.2. The van der Waals surface area contributed by atoms with E-state index in [1.54, 1.807) is 6.92 Å². The Hall–Kier alpha value is -0.620. The maximum Gasteiger partial charge on any atom is 0.309 e. The zero-order chi connectivity index (χ0) is 13.1. The number of hydrogen-bond acceptors (Lipinski definition) is 5. The van der Waals surface area contributed by atoms with Gasteiger partial charge in [-0.3, -0.25) is 4.79 Å². The molecule has 0 spiro atoms. The Morgan fingerprint density at radius 2 is 2.06 bits per heavy atom. The Morgan fingerprint density at radius 3 is 2.59 bits per heavy atom. The Labute approximate surface area is 103 Å². The minimum Gasteiger partial charge on any atom is -0.469 e. The second-order valence-corrected chi connectivity index (χ2v) is 6.95. The van der Waals surface area contributed by atoms with Crippen LogP contribution in [0.4, 0.5) is 0 Å². The molecule has 0 aromatic carbocycles. The van der Waals surface area contributed by atoms with Gasteiger partial charge in [-0.25, -0.2) is 8.42 Å². The standard InChI is InChI=1S/C11H21NO4S/c1-8(11(13)16-3)9(2)12-10-5-4-6-17(14,15)7-10/h8-10,12H,4-7H2,1-3H3. The van der Waals surface area contributed by atoms with Gasteiger partial charge in [-0.05, 0) is 19.8 Å². The van der Waals surface area contributed by atoms with Crippen molar-refractivity contribution in [3.05, 3.63) is 0 Å². The normalized spacial score (nSPS) is 27.1. The van der Waals surface area contributed by atoms with E-state index in [-0.39, 0.29) is 35.5 Å². The predicted molar refractivity (Wildman–Crippen MR) is 65.5 cm³/mol. The molecule has 1 fully saturated rings. The first-order valence-electron chi connectivity index (χ1n) is 5.90. The molecule has 0 aromatic heterocycles. The lowest BCUT2D eigenvalue weighted by Gasteiger charge is -2.28. The third-order valence-electron chi connectivity index (χ3n) is 3.28. The average molecular weight is 263 g/mol. The summed E-state index contributed by atoms with van der Waals surface area (Å²) in [4.78, 5) is 11.3. The van der Waals surface area contributed by atoms with Crippen LogP contribution in [0.3, 0.4) is 0 Å². The molecule has 17 heavy (non-hydrogen) atoms. The van der Waals surface area contributed by atoms with Gasteiger partial charge in [0.05, 0.1) is 24.5 Å². The first kappa shape index (κ1) is 14.4. The molecule has 3 atom stereocenters. The fourth-order valence-electron chi connectivity index (χ4n) is 2.06. The molecular weight excluding hydrogens is 242 g/mol. The molecule has 0 bridgehead atoms. The summed E-state index contributed by atoms with van der Waals surface area (Å²) in [5.41, 5.74) is 0. The first-order chi connectivity index (χ1) is 7.85. The van der Waals surface area contributed by atoms with Crippen LogP contribution < -0.4 is 5.32 Å². The third-order valence-corrected chi connectivity index (χ3v) is 5.11. The lowest BCUT2D eigenvalue weighted by Crippen LogP contribution is -2.47. The molecule has 0 saturated carbocycles. The molecule has 1 heterocycles. The van der Waals surface area contributed by atoms with E-state index in [0.29, 0.717) is 6.42 Å². The number of ether oxygens (including phenoxy) is 1. The van der Waals surface area contributed by atoms with Crippen LogP contribution in [0, 0.1) is 5.92 Å². The van der Waals surface area contributed by atoms with Gasteiger partial charge in [0.25, 0.3) is 0 Å². The monoisotopic (exact) mass is 263 g/mol. The fraction of sp³-hybridized carbons (Fsp3) is 0.909. The fourth-order valence-corrected chi connectivity index (χ4v) is 3.71. The van der Waals surface area contributed by atoms with Gasteiger partial charge < -0.3 is 10.1 Å². The van der Waals surface area contributed by atoms with Crippen molar-refractivity contribution in [1.82, 2.24) is 5.32 Å². The number of nitrogens with one attached hydrogen (secondary N) is 1. The highest BCUT2D eigenvalue weighted by molar-refractivity contribution is 7.91. The van der Waals surface area contributed by atoms with Crippen LogP contribution in [0.15, 0.2) is 0 Å². The first-order valence-corrected chi connectivity index (χ1v) is 7.72. The van der Waals surface area contributed by atoms with E-state index in [1.165, 1.54) is 7.11 Å². The average Bonchev–Trinajstić information content (AvgIpc) is 2.25. The molecule has 0 amide bonds. The summed E-state index contributed by atoms with van der Waals surface area (Å²) >= 11 is 0. The van der Waals surface area contributed by atoms with Gasteiger partial charge in [0.1, 0.15) is 0 Å². The molecule has 1 saturated heterocycles. The third kappa shape index (κ3) is 4.27. The molecule has 6 heteroatoms. The van der Waals surface area contributed by atoms with Crippen molar-refractivity contribution in [2.24, 2.45) is 5.92 Å². The molecule has 0 aromatic rings. The molecule has 100 valence electrons. The van der Waals surface area contributed by atoms with Crippen molar-refractivity contribution in [2.45, 2.75) is 38.8 Å². The molecule has 0 aliphatic carbocycles. The minimum atomic E-state index is -2.91. The van der Waals surface area contributed by atoms with Gasteiger partial charge in [-0.1, -0.05) is 6.92 Å². The lowest BCUT2D eigenvalue weighted by molar-refractivity contribution is -0.145. The van der Waals surface area contributed by atoms with E-state index in [4.69, 9.17) is 0 Å². The van der Waals surface area contributed by atoms with Gasteiger partial charge in [-0.15, -0.1) is 0 Å². The lowest BCUT2D eigenvalue weighted by atomic mass is 10.0. The van der Waals surface area contributed by atoms with Gasteiger partial charge >= 0.3 is 5.97 Å². The van der Waals surface area contributed by atoms with Crippen molar-refractivity contribution < 1.29 is 17.9 Å². The summed E-state index contributed by atoms with van der Waals surface area (Å²) in [6.07, 6.45) is 1.54. The van der Waals surface area contributed by atoms with Crippen LogP contribution in [0.2, 0.25) is 0 Å². The molecule has 1 rings (SSSR count). The molecule has 1 aliphatic rings. The highest BCUT2D eigenvalue weighted by Gasteiger charge is 2.28. The molecule has 3 unspecified atom stereocenters. The van der Waals surface area contributed by atoms with E-state index < -0.39 is 9.84 Å². The predicted octanol–water partition coefficient (Wildman–Crippen LogP) is 0.351. The van der Waals surface area contributed by atoms with Crippen LogP contribution in [-0.4, -0.2) is 45.1 Å². The SMILES string of the molecule is COC(=O)C(C)C(C)NC1CCCS(=O)(=O)C1. The number of rotatable bonds is 4. The summed E-state index contributed by atoms with van der Waals surface area (Å²) < 4.78 is 27.6. The number of methoxy groups -OCH3 is 1. The topological polar surface area (TPSA) is 72.5 Å². The second-order valence-electron chi connectivity index (χ2n) is 4.72. The molecule has 1 N–H and O–H groups in total. The second kappa shape index (κ2) is 5.82. The smallest absolute Gasteiger partial charge is 0.309 e. The Balaban J connectivity index is 2.51. The van der Waals surface area contributed by atoms with Crippen LogP contribution in [-0.2, 0) is 19.4 Å². The minimum absolute atomic E-state index is 0.0455. The van der Waals surface area contributed by atoms with E-state index in [2.05, 4.69) is 10.1 Å². The summed E-state index contributed by atoms with van der Waals surface area (Å²) in [6.45, 7) is 3.66. The van der Waals surface area contributed by atoms with Crippen molar-refractivity contribution >= 4 is 15.8 Å². The molecule has 1 aliphatic heterocycles. The Bertz CT molecular complexity index is 366. The quantitative estimate of drug-likeness (QED) is 0.741.